The van der Waals surface area contributed by atoms with Gasteiger partial charge in [-0.3, -0.25) is 0 Å². The van der Waals surface area contributed by atoms with Crippen LogP contribution in [0.1, 0.15) is 11.1 Å². The summed E-state index contributed by atoms with van der Waals surface area (Å²) < 4.78 is 1.56. The van der Waals surface area contributed by atoms with E-state index in [0.717, 1.165) is 17.8 Å². The minimum absolute atomic E-state index is 0.362. The van der Waals surface area contributed by atoms with Gasteiger partial charge in [-0.05, 0) is 24.7 Å². The Hall–Kier alpha value is -2.58. The van der Waals surface area contributed by atoms with E-state index in [1.165, 1.54) is 6.20 Å². The largest absolute Gasteiger partial charge is 0.382 e. The number of hydrogen-bond donors (Lipinski definition) is 2. The molecule has 0 atom stereocenters. The Balaban J connectivity index is 2.23. The second kappa shape index (κ2) is 5.85. The van der Waals surface area contributed by atoms with E-state index in [1.807, 2.05) is 49.5 Å². The molecule has 0 aliphatic rings. The highest BCUT2D eigenvalue weighted by Crippen LogP contribution is 2.17. The van der Waals surface area contributed by atoms with Gasteiger partial charge < -0.3 is 11.1 Å². The Morgan fingerprint density at radius 2 is 2.16 bits per heavy atom. The van der Waals surface area contributed by atoms with Crippen LogP contribution in [0.2, 0.25) is 0 Å². The maximum atomic E-state index is 8.84. The number of nitriles is 1. The van der Waals surface area contributed by atoms with Gasteiger partial charge in [0.15, 0.2) is 0 Å². The molecule has 0 aliphatic carbocycles. The molecule has 0 aliphatic heterocycles. The minimum Gasteiger partial charge on any atom is -0.382 e. The zero-order chi connectivity index (χ0) is 13.7. The van der Waals surface area contributed by atoms with Crippen LogP contribution in [0, 0.1) is 11.3 Å². The van der Waals surface area contributed by atoms with Crippen molar-refractivity contribution >= 4 is 11.9 Å². The van der Waals surface area contributed by atoms with Crippen molar-refractivity contribution in [3.8, 4) is 11.8 Å². The molecule has 19 heavy (non-hydrogen) atoms. The summed E-state index contributed by atoms with van der Waals surface area (Å²) in [4.78, 5) is 0. The van der Waals surface area contributed by atoms with Crippen molar-refractivity contribution in [1.82, 2.24) is 15.1 Å². The number of hydrogen-bond acceptors (Lipinski definition) is 4. The van der Waals surface area contributed by atoms with Crippen molar-refractivity contribution in [3.63, 3.8) is 0 Å². The summed E-state index contributed by atoms with van der Waals surface area (Å²) in [6.45, 7) is 0.833. The third-order valence-electron chi connectivity index (χ3n) is 2.70. The van der Waals surface area contributed by atoms with Crippen LogP contribution < -0.4 is 11.1 Å². The number of nitrogens with one attached hydrogen (secondary N) is 1. The lowest BCUT2D eigenvalue weighted by molar-refractivity contribution is 0.891. The topological polar surface area (TPSA) is 79.7 Å². The van der Waals surface area contributed by atoms with Crippen molar-refractivity contribution in [1.29, 1.82) is 5.26 Å². The van der Waals surface area contributed by atoms with Crippen LogP contribution in [0.15, 0.2) is 36.5 Å². The third-order valence-corrected chi connectivity index (χ3v) is 2.70. The first kappa shape index (κ1) is 12.9. The monoisotopic (exact) mass is 253 g/mol. The van der Waals surface area contributed by atoms with Crippen molar-refractivity contribution in [3.05, 3.63) is 47.7 Å². The molecule has 5 heteroatoms. The molecule has 0 spiro atoms. The van der Waals surface area contributed by atoms with Crippen molar-refractivity contribution in [2.24, 2.45) is 0 Å². The van der Waals surface area contributed by atoms with Gasteiger partial charge in [-0.1, -0.05) is 24.3 Å². The van der Waals surface area contributed by atoms with Crippen LogP contribution in [0.4, 0.5) is 5.82 Å². The maximum absolute atomic E-state index is 8.84. The SMILES string of the molecule is CNCC=Cc1ccc(-n2ncc(C#N)c2N)cc1. The number of anilines is 1. The maximum Gasteiger partial charge on any atom is 0.145 e. The summed E-state index contributed by atoms with van der Waals surface area (Å²) in [5, 5.41) is 16.0. The summed E-state index contributed by atoms with van der Waals surface area (Å²) >= 11 is 0. The quantitative estimate of drug-likeness (QED) is 0.866. The zero-order valence-corrected chi connectivity index (χ0v) is 10.7. The minimum atomic E-state index is 0.362. The summed E-state index contributed by atoms with van der Waals surface area (Å²) in [7, 11) is 1.90. The Morgan fingerprint density at radius 3 is 2.74 bits per heavy atom. The molecule has 0 radical (unpaired) electrons. The first-order valence-corrected chi connectivity index (χ1v) is 5.91. The molecule has 3 N–H and O–H groups in total. The van der Waals surface area contributed by atoms with Gasteiger partial charge >= 0.3 is 0 Å². The van der Waals surface area contributed by atoms with E-state index < -0.39 is 0 Å². The Kier molecular flexibility index (Phi) is 3.96. The smallest absolute Gasteiger partial charge is 0.145 e. The summed E-state index contributed by atoms with van der Waals surface area (Å²) in [5.74, 6) is 0.362. The Bertz CT molecular complexity index is 616. The number of nitrogens with zero attached hydrogens (tertiary/aromatic N) is 3. The lowest BCUT2D eigenvalue weighted by atomic mass is 10.2. The molecular formula is C14H15N5. The van der Waals surface area contributed by atoms with Gasteiger partial charge in [0.1, 0.15) is 17.5 Å². The Morgan fingerprint density at radius 1 is 1.42 bits per heavy atom. The fraction of sp³-hybridized carbons (Fsp3) is 0.143. The lowest BCUT2D eigenvalue weighted by Gasteiger charge is -2.04. The van der Waals surface area contributed by atoms with Crippen LogP contribution in [0.25, 0.3) is 11.8 Å². The van der Waals surface area contributed by atoms with E-state index in [2.05, 4.69) is 10.4 Å². The number of benzene rings is 1. The van der Waals surface area contributed by atoms with E-state index in [4.69, 9.17) is 11.0 Å². The average Bonchev–Trinajstić information content (AvgIpc) is 2.81. The molecule has 0 bridgehead atoms. The number of rotatable bonds is 4. The van der Waals surface area contributed by atoms with E-state index >= 15 is 0 Å². The van der Waals surface area contributed by atoms with Crippen LogP contribution >= 0.6 is 0 Å². The molecule has 2 rings (SSSR count). The molecule has 96 valence electrons. The molecule has 0 saturated heterocycles. The summed E-state index contributed by atoms with van der Waals surface area (Å²) in [6, 6.07) is 9.81. The van der Waals surface area contributed by atoms with Gasteiger partial charge in [-0.2, -0.15) is 10.4 Å². The number of likely N-dealkylation sites (N-methyl/N-ethyl adjacent to an activating group) is 1. The van der Waals surface area contributed by atoms with Crippen LogP contribution in [0.5, 0.6) is 0 Å². The molecule has 2 aromatic rings. The molecule has 1 aromatic carbocycles. The van der Waals surface area contributed by atoms with Crippen molar-refractivity contribution < 1.29 is 0 Å². The van der Waals surface area contributed by atoms with Gasteiger partial charge in [-0.25, -0.2) is 4.68 Å². The van der Waals surface area contributed by atoms with Gasteiger partial charge in [-0.15, -0.1) is 0 Å². The fourth-order valence-electron chi connectivity index (χ4n) is 1.69. The lowest BCUT2D eigenvalue weighted by Crippen LogP contribution is -2.03. The first-order chi connectivity index (χ1) is 9.26. The van der Waals surface area contributed by atoms with Crippen LogP contribution in [0.3, 0.4) is 0 Å². The first-order valence-electron chi connectivity index (χ1n) is 5.91. The second-order valence-electron chi connectivity index (χ2n) is 4.02. The second-order valence-corrected chi connectivity index (χ2v) is 4.02. The van der Waals surface area contributed by atoms with E-state index in [-0.39, 0.29) is 0 Å². The fourth-order valence-corrected chi connectivity index (χ4v) is 1.69. The van der Waals surface area contributed by atoms with Gasteiger partial charge in [0, 0.05) is 6.54 Å². The number of nitrogens with two attached hydrogens (primary N) is 1. The average molecular weight is 253 g/mol. The number of aromatic nitrogens is 2. The normalized spacial score (nSPS) is 10.7. The zero-order valence-electron chi connectivity index (χ0n) is 10.7. The van der Waals surface area contributed by atoms with Gasteiger partial charge in [0.05, 0.1) is 11.9 Å². The molecular weight excluding hydrogens is 238 g/mol. The molecule has 0 saturated carbocycles. The predicted molar refractivity (Wildman–Crippen MR) is 75.7 cm³/mol. The van der Waals surface area contributed by atoms with Crippen molar-refractivity contribution in [2.75, 3.05) is 19.3 Å². The van der Waals surface area contributed by atoms with E-state index in [0.29, 0.717) is 11.4 Å². The summed E-state index contributed by atoms with van der Waals surface area (Å²) in [6.07, 6.45) is 5.55. The highest BCUT2D eigenvalue weighted by molar-refractivity contribution is 5.55. The van der Waals surface area contributed by atoms with Crippen LogP contribution in [-0.2, 0) is 0 Å². The highest BCUT2D eigenvalue weighted by Gasteiger charge is 2.07. The van der Waals surface area contributed by atoms with Gasteiger partial charge in [0.25, 0.3) is 0 Å². The molecule has 1 heterocycles. The molecule has 0 unspecified atom stereocenters. The predicted octanol–water partition coefficient (Wildman–Crippen LogP) is 1.56. The molecule has 0 fully saturated rings. The standard InChI is InChI=1S/C14H15N5/c1-17-8-2-3-11-4-6-13(7-5-11)19-14(16)12(9-15)10-18-19/h2-7,10,17H,8,16H2,1H3. The van der Waals surface area contributed by atoms with Crippen LogP contribution in [-0.4, -0.2) is 23.4 Å². The van der Waals surface area contributed by atoms with E-state index in [9.17, 15) is 0 Å². The van der Waals surface area contributed by atoms with Gasteiger partial charge in [0.2, 0.25) is 0 Å². The molecule has 0 amide bonds. The van der Waals surface area contributed by atoms with Crippen molar-refractivity contribution in [2.45, 2.75) is 0 Å². The number of nitrogen functional groups attached to an aromatic ring is 1. The third kappa shape index (κ3) is 2.81. The summed E-state index contributed by atoms with van der Waals surface area (Å²) in [5.41, 5.74) is 8.16. The molecule has 1 aromatic heterocycles. The molecule has 5 nitrogen and oxygen atoms in total. The highest BCUT2D eigenvalue weighted by atomic mass is 15.3. The Labute approximate surface area is 112 Å². The van der Waals surface area contributed by atoms with E-state index in [1.54, 1.807) is 4.68 Å².